The average molecular weight is 621 g/mol. The van der Waals surface area contributed by atoms with E-state index in [-0.39, 0.29) is 0 Å². The number of nitrogens with zero attached hydrogens (tertiary/aromatic N) is 2. The van der Waals surface area contributed by atoms with Gasteiger partial charge in [-0.15, -0.1) is 22.7 Å². The van der Waals surface area contributed by atoms with Crippen LogP contribution in [0.15, 0.2) is 146 Å². The highest BCUT2D eigenvalue weighted by Gasteiger charge is 2.25. The van der Waals surface area contributed by atoms with Crippen molar-refractivity contribution < 1.29 is 0 Å². The number of rotatable bonds is 4. The van der Waals surface area contributed by atoms with Gasteiger partial charge in [0.25, 0.3) is 0 Å². The molecule has 0 bridgehead atoms. The Morgan fingerprint density at radius 2 is 0.804 bits per heavy atom. The fraction of sp³-hybridized carbons (Fsp3) is 0. The molecule has 2 nitrogen and oxygen atoms in total. The van der Waals surface area contributed by atoms with Gasteiger partial charge in [0.15, 0.2) is 0 Å². The third kappa shape index (κ3) is 3.87. The first kappa shape index (κ1) is 25.9. The number of hydrogen-bond acceptors (Lipinski definition) is 4. The van der Waals surface area contributed by atoms with E-state index in [1.807, 2.05) is 59.6 Å². The molecule has 4 heterocycles. The van der Waals surface area contributed by atoms with Gasteiger partial charge in [-0.3, -0.25) is 9.97 Å². The van der Waals surface area contributed by atoms with Crippen molar-refractivity contribution in [2.45, 2.75) is 0 Å². The van der Waals surface area contributed by atoms with Crippen molar-refractivity contribution in [2.75, 3.05) is 0 Å². The second-order valence-corrected chi connectivity index (χ2v) is 14.0. The van der Waals surface area contributed by atoms with Crippen LogP contribution in [0.2, 0.25) is 0 Å². The summed E-state index contributed by atoms with van der Waals surface area (Å²) in [5, 5.41) is 5.37. The number of benzene rings is 6. The van der Waals surface area contributed by atoms with E-state index in [2.05, 4.69) is 119 Å². The monoisotopic (exact) mass is 620 g/mol. The summed E-state index contributed by atoms with van der Waals surface area (Å²) in [7, 11) is 0. The third-order valence-electron chi connectivity index (χ3n) is 9.25. The van der Waals surface area contributed by atoms with Crippen molar-refractivity contribution >= 4 is 63.0 Å². The van der Waals surface area contributed by atoms with Crippen LogP contribution in [-0.4, -0.2) is 9.97 Å². The molecule has 46 heavy (non-hydrogen) atoms. The van der Waals surface area contributed by atoms with Gasteiger partial charge in [-0.2, -0.15) is 0 Å². The topological polar surface area (TPSA) is 25.8 Å². The maximum absolute atomic E-state index is 4.31. The quantitative estimate of drug-likeness (QED) is 0.144. The van der Waals surface area contributed by atoms with Crippen LogP contribution in [0.4, 0.5) is 0 Å². The summed E-state index contributed by atoms with van der Waals surface area (Å²) in [5.74, 6) is 0. The lowest BCUT2D eigenvalue weighted by Gasteiger charge is -2.23. The first-order valence-corrected chi connectivity index (χ1v) is 17.0. The molecule has 4 heteroatoms. The Morgan fingerprint density at radius 1 is 0.370 bits per heavy atom. The zero-order valence-corrected chi connectivity index (χ0v) is 26.2. The standard InChI is InChI=1S/C42H24N2S2/c1-7-31-33(27-15-11-25(12-16-27)29-5-3-19-43-23-29)21-38-41-39(31)35(9-1)45-37-22-34(32-8-2-10-36(46-38)40(32)42(37)41)28-17-13-26(14-18-28)30-6-4-20-44-24-30/h1-24H. The van der Waals surface area contributed by atoms with Crippen LogP contribution in [0, 0.1) is 0 Å². The molecule has 2 aliphatic heterocycles. The summed E-state index contributed by atoms with van der Waals surface area (Å²) in [6.07, 6.45) is 7.49. The lowest BCUT2D eigenvalue weighted by Crippen LogP contribution is -1.95. The van der Waals surface area contributed by atoms with Gasteiger partial charge in [-0.25, -0.2) is 0 Å². The molecule has 0 amide bonds. The molecule has 0 saturated carbocycles. The fourth-order valence-corrected chi connectivity index (χ4v) is 9.49. The minimum atomic E-state index is 1.13. The molecule has 0 spiro atoms. The van der Waals surface area contributed by atoms with E-state index in [0.29, 0.717) is 0 Å². The Kier molecular flexibility index (Phi) is 5.65. The molecule has 0 atom stereocenters. The maximum atomic E-state index is 4.31. The molecule has 10 rings (SSSR count). The summed E-state index contributed by atoms with van der Waals surface area (Å²) in [6.45, 7) is 0. The largest absolute Gasteiger partial charge is 0.264 e. The molecule has 0 saturated heterocycles. The van der Waals surface area contributed by atoms with Crippen molar-refractivity contribution in [1.29, 1.82) is 0 Å². The molecule has 6 aromatic carbocycles. The molecule has 8 aromatic rings. The fourth-order valence-electron chi connectivity index (χ4n) is 7.13. The minimum absolute atomic E-state index is 1.13. The lowest BCUT2D eigenvalue weighted by molar-refractivity contribution is 1.33. The first-order valence-electron chi connectivity index (χ1n) is 15.4. The van der Waals surface area contributed by atoms with Crippen molar-refractivity contribution in [3.05, 3.63) is 146 Å². The van der Waals surface area contributed by atoms with Gasteiger partial charge in [-0.05, 0) is 91.7 Å². The van der Waals surface area contributed by atoms with Crippen molar-refractivity contribution in [2.24, 2.45) is 0 Å². The van der Waals surface area contributed by atoms with Crippen LogP contribution in [0.25, 0.3) is 96.0 Å². The Hall–Kier alpha value is -5.42. The normalized spacial score (nSPS) is 11.9. The highest BCUT2D eigenvalue weighted by molar-refractivity contribution is 7.27. The van der Waals surface area contributed by atoms with Gasteiger partial charge in [-0.1, -0.05) is 84.9 Å². The van der Waals surface area contributed by atoms with Crippen molar-refractivity contribution in [3.63, 3.8) is 0 Å². The van der Waals surface area contributed by atoms with Crippen LogP contribution in [0.1, 0.15) is 0 Å². The smallest absolute Gasteiger partial charge is 0.0368 e. The Bertz CT molecular complexity index is 2460. The molecule has 0 fully saturated rings. The van der Waals surface area contributed by atoms with Gasteiger partial charge in [0.05, 0.1) is 0 Å². The van der Waals surface area contributed by atoms with Gasteiger partial charge >= 0.3 is 0 Å². The van der Waals surface area contributed by atoms with E-state index in [9.17, 15) is 0 Å². The summed E-state index contributed by atoms with van der Waals surface area (Å²) in [6, 6.07) is 44.6. The minimum Gasteiger partial charge on any atom is -0.264 e. The molecular weight excluding hydrogens is 597 g/mol. The van der Waals surface area contributed by atoms with Gasteiger partial charge in [0.1, 0.15) is 0 Å². The Morgan fingerprint density at radius 3 is 1.22 bits per heavy atom. The summed E-state index contributed by atoms with van der Waals surface area (Å²) < 4.78 is 5.32. The van der Waals surface area contributed by atoms with Crippen LogP contribution < -0.4 is 0 Å². The first-order chi connectivity index (χ1) is 22.8. The third-order valence-corrected chi connectivity index (χ3v) is 11.5. The predicted molar refractivity (Wildman–Crippen MR) is 197 cm³/mol. The van der Waals surface area contributed by atoms with E-state index in [1.54, 1.807) is 0 Å². The second-order valence-electron chi connectivity index (χ2n) is 11.8. The summed E-state index contributed by atoms with van der Waals surface area (Å²) in [4.78, 5) is 8.62. The van der Waals surface area contributed by atoms with Gasteiger partial charge in [0, 0.05) is 65.5 Å². The Labute approximate surface area is 273 Å². The van der Waals surface area contributed by atoms with E-state index >= 15 is 0 Å². The predicted octanol–water partition coefficient (Wildman–Crippen LogP) is 12.4. The molecule has 0 N–H and O–H groups in total. The molecule has 0 unspecified atom stereocenters. The van der Waals surface area contributed by atoms with Crippen LogP contribution in [0.3, 0.4) is 0 Å². The van der Waals surface area contributed by atoms with E-state index in [0.717, 1.165) is 11.1 Å². The van der Waals surface area contributed by atoms with E-state index in [1.165, 1.54) is 84.9 Å². The van der Waals surface area contributed by atoms with Gasteiger partial charge < -0.3 is 0 Å². The zero-order valence-electron chi connectivity index (χ0n) is 24.6. The molecule has 2 aliphatic rings. The summed E-state index contributed by atoms with van der Waals surface area (Å²) >= 11 is 3.83. The summed E-state index contributed by atoms with van der Waals surface area (Å²) in [5.41, 5.74) is 12.4. The second kappa shape index (κ2) is 10.0. The molecule has 0 radical (unpaired) electrons. The highest BCUT2D eigenvalue weighted by Crippen LogP contribution is 2.54. The highest BCUT2D eigenvalue weighted by atomic mass is 32.1. The van der Waals surface area contributed by atoms with Crippen LogP contribution >= 0.6 is 22.7 Å². The van der Waals surface area contributed by atoms with E-state index < -0.39 is 0 Å². The van der Waals surface area contributed by atoms with Crippen LogP contribution in [0.5, 0.6) is 0 Å². The van der Waals surface area contributed by atoms with Crippen molar-refractivity contribution in [1.82, 2.24) is 9.97 Å². The Balaban J connectivity index is 1.20. The lowest BCUT2D eigenvalue weighted by atomic mass is 9.87. The zero-order chi connectivity index (χ0) is 30.2. The molecule has 2 aromatic heterocycles. The molecule has 0 aliphatic carbocycles. The molecular formula is C42H24N2S2. The van der Waals surface area contributed by atoms with Gasteiger partial charge in [0.2, 0.25) is 0 Å². The number of hydrogen-bond donors (Lipinski definition) is 0. The van der Waals surface area contributed by atoms with Crippen LogP contribution in [-0.2, 0) is 0 Å². The maximum Gasteiger partial charge on any atom is 0.0368 e. The van der Waals surface area contributed by atoms with Crippen molar-refractivity contribution in [3.8, 4) is 55.6 Å². The average Bonchev–Trinajstić information content (AvgIpc) is 3.13. The van der Waals surface area contributed by atoms with E-state index in [4.69, 9.17) is 0 Å². The molecule has 214 valence electrons. The SMILES string of the molecule is c1cncc(-c2ccc(-c3cc4sc5cccc6c(-c7ccc(-c8cccnc8)cc7)cc7sc8cccc3c8c4-c7c56)cc2)c1. The number of aromatic nitrogens is 2. The number of pyridine rings is 2.